The van der Waals surface area contributed by atoms with Gasteiger partial charge in [-0.15, -0.1) is 11.3 Å². The second-order valence-electron chi connectivity index (χ2n) is 10.4. The molecule has 9 heteroatoms. The highest BCUT2D eigenvalue weighted by molar-refractivity contribution is 7.91. The fourth-order valence-electron chi connectivity index (χ4n) is 5.20. The highest BCUT2D eigenvalue weighted by Crippen LogP contribution is 2.28. The summed E-state index contributed by atoms with van der Waals surface area (Å²) in [7, 11) is -3.59. The monoisotopic (exact) mass is 601 g/mol. The molecule has 0 bridgehead atoms. The number of amides is 1. The molecule has 2 aromatic carbocycles. The maximum atomic E-state index is 13.6. The van der Waals surface area contributed by atoms with E-state index in [0.29, 0.717) is 33.9 Å². The smallest absolute Gasteiger partial charge is 0.252 e. The van der Waals surface area contributed by atoms with Crippen LogP contribution in [0.3, 0.4) is 0 Å². The summed E-state index contributed by atoms with van der Waals surface area (Å²) in [6, 6.07) is 21.1. The first-order valence-electron chi connectivity index (χ1n) is 14.3. The van der Waals surface area contributed by atoms with Crippen molar-refractivity contribution in [3.63, 3.8) is 0 Å². The first kappa shape index (κ1) is 30.7. The van der Waals surface area contributed by atoms with E-state index in [2.05, 4.69) is 41.4 Å². The number of halogens is 1. The van der Waals surface area contributed by atoms with Gasteiger partial charge in [-0.2, -0.15) is 4.31 Å². The standard InChI is InChI=1S/C31H40ClN3O3S2/c1-2-3-4-8-20-34(24-25-10-6-5-7-11-25)28-12-9-21-35(22-19-28)40(37,38)30-18-17-29(39-30)23-33-31(36)26-13-15-27(32)16-14-26/h5-7,10-11,13-18,28H,2-4,8-9,12,19-24H2,1H3,(H,33,36). The van der Waals surface area contributed by atoms with Crippen LogP contribution in [-0.2, 0) is 23.1 Å². The Morgan fingerprint density at radius 1 is 1.00 bits per heavy atom. The Kier molecular flexibility index (Phi) is 11.6. The highest BCUT2D eigenvalue weighted by atomic mass is 35.5. The van der Waals surface area contributed by atoms with Crippen LogP contribution in [0, 0.1) is 0 Å². The summed E-state index contributed by atoms with van der Waals surface area (Å²) in [4.78, 5) is 15.8. The molecule has 0 aliphatic carbocycles. The summed E-state index contributed by atoms with van der Waals surface area (Å²) < 4.78 is 29.2. The van der Waals surface area contributed by atoms with E-state index in [4.69, 9.17) is 11.6 Å². The van der Waals surface area contributed by atoms with Crippen LogP contribution in [0.5, 0.6) is 0 Å². The van der Waals surface area contributed by atoms with E-state index in [-0.39, 0.29) is 12.5 Å². The van der Waals surface area contributed by atoms with Gasteiger partial charge in [0.05, 0.1) is 6.54 Å². The molecule has 6 nitrogen and oxygen atoms in total. The molecule has 1 aliphatic heterocycles. The van der Waals surface area contributed by atoms with Gasteiger partial charge in [0.1, 0.15) is 4.21 Å². The van der Waals surface area contributed by atoms with Crippen molar-refractivity contribution in [3.8, 4) is 0 Å². The normalized spacial score (nSPS) is 16.6. The van der Waals surface area contributed by atoms with Crippen LogP contribution in [0.15, 0.2) is 70.9 Å². The summed E-state index contributed by atoms with van der Waals surface area (Å²) in [5, 5.41) is 3.44. The number of unbranched alkanes of at least 4 members (excludes halogenated alkanes) is 3. The Labute approximate surface area is 248 Å². The van der Waals surface area contributed by atoms with E-state index < -0.39 is 10.0 Å². The third kappa shape index (κ3) is 8.63. The van der Waals surface area contributed by atoms with Crippen LogP contribution in [0.4, 0.5) is 0 Å². The van der Waals surface area contributed by atoms with Gasteiger partial charge >= 0.3 is 0 Å². The SMILES string of the molecule is CCCCCCN(Cc1ccccc1)C1CCCN(S(=O)(=O)c2ccc(CNC(=O)c3ccc(Cl)cc3)s2)CC1. The molecule has 40 heavy (non-hydrogen) atoms. The van der Waals surface area contributed by atoms with Gasteiger partial charge < -0.3 is 5.32 Å². The van der Waals surface area contributed by atoms with E-state index in [1.165, 1.54) is 42.6 Å². The van der Waals surface area contributed by atoms with Crippen molar-refractivity contribution in [2.24, 2.45) is 0 Å². The molecule has 1 fully saturated rings. The number of hydrogen-bond donors (Lipinski definition) is 1. The number of thiophene rings is 1. The molecule has 1 N–H and O–H groups in total. The lowest BCUT2D eigenvalue weighted by atomic mass is 10.0. The lowest BCUT2D eigenvalue weighted by Gasteiger charge is -2.31. The molecule has 1 atom stereocenters. The molecule has 4 rings (SSSR count). The lowest BCUT2D eigenvalue weighted by Crippen LogP contribution is -2.37. The predicted octanol–water partition coefficient (Wildman–Crippen LogP) is 6.96. The number of carbonyl (C=O) groups is 1. The minimum atomic E-state index is -3.59. The van der Waals surface area contributed by atoms with Gasteiger partial charge in [0.15, 0.2) is 0 Å². The van der Waals surface area contributed by atoms with Crippen LogP contribution in [0.2, 0.25) is 5.02 Å². The van der Waals surface area contributed by atoms with E-state index in [1.807, 2.05) is 6.07 Å². The van der Waals surface area contributed by atoms with E-state index in [1.54, 1.807) is 40.7 Å². The fourth-order valence-corrected chi connectivity index (χ4v) is 8.27. The van der Waals surface area contributed by atoms with Crippen molar-refractivity contribution in [1.29, 1.82) is 0 Å². The molecule has 0 saturated carbocycles. The maximum Gasteiger partial charge on any atom is 0.252 e. The zero-order valence-corrected chi connectivity index (χ0v) is 25.6. The van der Waals surface area contributed by atoms with Gasteiger partial charge in [0.2, 0.25) is 0 Å². The van der Waals surface area contributed by atoms with Gasteiger partial charge in [-0.25, -0.2) is 8.42 Å². The molecule has 1 aromatic heterocycles. The summed E-state index contributed by atoms with van der Waals surface area (Å²) in [5.74, 6) is -0.220. The molecule has 3 aromatic rings. The first-order chi connectivity index (χ1) is 19.4. The molecule has 2 heterocycles. The average molecular weight is 602 g/mol. The molecular formula is C31H40ClN3O3S2. The third-order valence-corrected chi connectivity index (χ3v) is 11.2. The number of benzene rings is 2. The van der Waals surface area contributed by atoms with E-state index in [0.717, 1.165) is 37.2 Å². The number of nitrogens with one attached hydrogen (secondary N) is 1. The van der Waals surface area contributed by atoms with Crippen LogP contribution < -0.4 is 5.32 Å². The molecule has 1 amide bonds. The number of hydrogen-bond acceptors (Lipinski definition) is 5. The second-order valence-corrected chi connectivity index (χ2v) is 14.2. The van der Waals surface area contributed by atoms with E-state index >= 15 is 0 Å². The minimum Gasteiger partial charge on any atom is -0.347 e. The van der Waals surface area contributed by atoms with Crippen molar-refractivity contribution in [3.05, 3.63) is 87.8 Å². The van der Waals surface area contributed by atoms with Crippen LogP contribution in [0.1, 0.15) is 72.7 Å². The zero-order valence-electron chi connectivity index (χ0n) is 23.2. The summed E-state index contributed by atoms with van der Waals surface area (Å²) in [5.41, 5.74) is 1.82. The Morgan fingerprint density at radius 2 is 1.77 bits per heavy atom. The largest absolute Gasteiger partial charge is 0.347 e. The second kappa shape index (κ2) is 15.1. The van der Waals surface area contributed by atoms with Crippen LogP contribution in [-0.4, -0.2) is 49.2 Å². The van der Waals surface area contributed by atoms with Crippen LogP contribution in [0.25, 0.3) is 0 Å². The van der Waals surface area contributed by atoms with Crippen molar-refractivity contribution < 1.29 is 13.2 Å². The Balaban J connectivity index is 1.36. The Morgan fingerprint density at radius 3 is 2.52 bits per heavy atom. The molecular weight excluding hydrogens is 562 g/mol. The molecule has 1 saturated heterocycles. The van der Waals surface area contributed by atoms with Gasteiger partial charge in [-0.3, -0.25) is 9.69 Å². The van der Waals surface area contributed by atoms with Crippen LogP contribution >= 0.6 is 22.9 Å². The van der Waals surface area contributed by atoms with Crippen molar-refractivity contribution >= 4 is 38.9 Å². The lowest BCUT2D eigenvalue weighted by molar-refractivity contribution is 0.0951. The maximum absolute atomic E-state index is 13.6. The molecule has 0 spiro atoms. The molecule has 216 valence electrons. The van der Waals surface area contributed by atoms with Gasteiger partial charge in [0.25, 0.3) is 15.9 Å². The number of carbonyl (C=O) groups excluding carboxylic acids is 1. The van der Waals surface area contributed by atoms with Crippen molar-refractivity contribution in [2.45, 2.75) is 75.2 Å². The van der Waals surface area contributed by atoms with Crippen molar-refractivity contribution in [1.82, 2.24) is 14.5 Å². The topological polar surface area (TPSA) is 69.7 Å². The van der Waals surface area contributed by atoms with E-state index in [9.17, 15) is 13.2 Å². The van der Waals surface area contributed by atoms with Gasteiger partial charge in [0, 0.05) is 41.1 Å². The third-order valence-electron chi connectivity index (χ3n) is 7.46. The highest BCUT2D eigenvalue weighted by Gasteiger charge is 2.30. The quantitative estimate of drug-likeness (QED) is 0.215. The minimum absolute atomic E-state index is 0.220. The number of sulfonamides is 1. The zero-order chi connectivity index (χ0) is 28.4. The number of nitrogens with zero attached hydrogens (tertiary/aromatic N) is 2. The first-order valence-corrected chi connectivity index (χ1v) is 16.9. The van der Waals surface area contributed by atoms with Crippen molar-refractivity contribution in [2.75, 3.05) is 19.6 Å². The predicted molar refractivity (Wildman–Crippen MR) is 164 cm³/mol. The Hall–Kier alpha value is -2.23. The van der Waals surface area contributed by atoms with Gasteiger partial charge in [-0.05, 0) is 74.2 Å². The summed E-state index contributed by atoms with van der Waals surface area (Å²) in [6.07, 6.45) is 7.55. The average Bonchev–Trinajstić information content (AvgIpc) is 3.31. The fraction of sp³-hybridized carbons (Fsp3) is 0.452. The van der Waals surface area contributed by atoms with Gasteiger partial charge in [-0.1, -0.05) is 68.1 Å². The Bertz CT molecular complexity index is 1310. The molecule has 0 radical (unpaired) electrons. The summed E-state index contributed by atoms with van der Waals surface area (Å²) in [6.45, 7) is 5.51. The number of rotatable bonds is 13. The summed E-state index contributed by atoms with van der Waals surface area (Å²) >= 11 is 7.13. The molecule has 1 unspecified atom stereocenters. The molecule has 1 aliphatic rings.